The molecule has 0 aliphatic heterocycles. The topological polar surface area (TPSA) is 96.6 Å². The summed E-state index contributed by atoms with van der Waals surface area (Å²) in [6.45, 7) is 4.60. The summed E-state index contributed by atoms with van der Waals surface area (Å²) in [5.41, 5.74) is 9.24. The Morgan fingerprint density at radius 2 is 1.83 bits per heavy atom. The van der Waals surface area contributed by atoms with Crippen LogP contribution in [0, 0.1) is 19.8 Å². The maximum Gasteiger partial charge on any atom is 0.208 e. The Balaban J connectivity index is 1.99. The van der Waals surface area contributed by atoms with Crippen molar-refractivity contribution >= 4 is 21.7 Å². The summed E-state index contributed by atoms with van der Waals surface area (Å²) >= 11 is 0. The summed E-state index contributed by atoms with van der Waals surface area (Å²) in [4.78, 5) is 4.43. The van der Waals surface area contributed by atoms with Crippen LogP contribution in [0.1, 0.15) is 36.8 Å². The van der Waals surface area contributed by atoms with Crippen LogP contribution in [0.4, 0.5) is 5.69 Å². The molecule has 2 unspecified atom stereocenters. The van der Waals surface area contributed by atoms with Crippen molar-refractivity contribution in [3.8, 4) is 0 Å². The predicted molar refractivity (Wildman–Crippen MR) is 99.8 cm³/mol. The number of nitrogens with two attached hydrogens (primary N) is 1. The average Bonchev–Trinajstić information content (AvgIpc) is 2.43. The highest BCUT2D eigenvalue weighted by Crippen LogP contribution is 2.25. The summed E-state index contributed by atoms with van der Waals surface area (Å²) in [7, 11) is -3.20. The number of sulfonamides is 1. The van der Waals surface area contributed by atoms with E-state index in [1.807, 2.05) is 26.0 Å². The summed E-state index contributed by atoms with van der Waals surface area (Å²) < 4.78 is 25.7. The number of nitrogens with one attached hydrogen (secondary N) is 2. The molecule has 1 fully saturated rings. The number of benzene rings is 1. The number of guanidine groups is 1. The Bertz CT molecular complexity index is 680. The third-order valence-electron chi connectivity index (χ3n) is 4.26. The molecule has 1 aromatic carbocycles. The van der Waals surface area contributed by atoms with Crippen LogP contribution in [-0.4, -0.2) is 33.2 Å². The summed E-state index contributed by atoms with van der Waals surface area (Å²) in [5, 5.41) is 3.12. The van der Waals surface area contributed by atoms with E-state index in [2.05, 4.69) is 21.1 Å². The summed E-state index contributed by atoms with van der Waals surface area (Å²) in [6, 6.07) is 6.09. The molecule has 1 saturated carbocycles. The number of aliphatic imine (C=N–C) groups is 1. The van der Waals surface area contributed by atoms with E-state index in [0.29, 0.717) is 12.5 Å². The van der Waals surface area contributed by atoms with Crippen LogP contribution < -0.4 is 15.8 Å². The summed E-state index contributed by atoms with van der Waals surface area (Å²) in [5.74, 6) is 0.553. The van der Waals surface area contributed by atoms with Crippen molar-refractivity contribution in [1.29, 1.82) is 0 Å². The highest BCUT2D eigenvalue weighted by molar-refractivity contribution is 7.88. The average molecular weight is 353 g/mol. The zero-order valence-electron chi connectivity index (χ0n) is 14.7. The highest BCUT2D eigenvalue weighted by atomic mass is 32.2. The molecule has 2 atom stereocenters. The first-order chi connectivity index (χ1) is 11.2. The fraction of sp³-hybridized carbons (Fsp3) is 0.588. The van der Waals surface area contributed by atoms with E-state index in [1.165, 1.54) is 6.26 Å². The van der Waals surface area contributed by atoms with Crippen LogP contribution in [0.25, 0.3) is 0 Å². The van der Waals surface area contributed by atoms with Crippen LogP contribution in [0.2, 0.25) is 0 Å². The Morgan fingerprint density at radius 3 is 2.46 bits per heavy atom. The van der Waals surface area contributed by atoms with Crippen molar-refractivity contribution < 1.29 is 8.42 Å². The molecular formula is C17H28N4O2S. The third-order valence-corrected chi connectivity index (χ3v) is 5.00. The molecule has 1 aliphatic rings. The molecule has 0 spiro atoms. The van der Waals surface area contributed by atoms with Crippen molar-refractivity contribution in [2.45, 2.75) is 45.6 Å². The molecule has 4 N–H and O–H groups in total. The van der Waals surface area contributed by atoms with Crippen molar-refractivity contribution in [2.24, 2.45) is 16.6 Å². The number of anilines is 1. The monoisotopic (exact) mass is 352 g/mol. The Kier molecular flexibility index (Phi) is 6.23. The lowest BCUT2D eigenvalue weighted by Gasteiger charge is -2.30. The smallest absolute Gasteiger partial charge is 0.208 e. The second-order valence-electron chi connectivity index (χ2n) is 6.77. The van der Waals surface area contributed by atoms with Crippen molar-refractivity contribution in [1.82, 2.24) is 4.72 Å². The standard InChI is InChI=1S/C17H28N4O2S/c1-12-8-13(2)10-15(9-12)20-17(18)19-11-14-6-4-5-7-16(14)21-24(3,22)23/h8-10,14,16,21H,4-7,11H2,1-3H3,(H3,18,19,20). The SMILES string of the molecule is Cc1cc(C)cc(NC(N)=NCC2CCCCC2NS(C)(=O)=O)c1. The van der Waals surface area contributed by atoms with Gasteiger partial charge in [-0.1, -0.05) is 18.9 Å². The summed E-state index contributed by atoms with van der Waals surface area (Å²) in [6.07, 6.45) is 5.18. The predicted octanol–water partition coefficient (Wildman–Crippen LogP) is 2.14. The van der Waals surface area contributed by atoms with Gasteiger partial charge < -0.3 is 11.1 Å². The van der Waals surface area contributed by atoms with Gasteiger partial charge in [-0.25, -0.2) is 13.1 Å². The largest absolute Gasteiger partial charge is 0.370 e. The molecule has 2 rings (SSSR count). The van der Waals surface area contributed by atoms with Crippen LogP contribution in [0.5, 0.6) is 0 Å². The van der Waals surface area contributed by atoms with E-state index >= 15 is 0 Å². The van der Waals surface area contributed by atoms with Gasteiger partial charge in [0.25, 0.3) is 0 Å². The number of aryl methyl sites for hydroxylation is 2. The van der Waals surface area contributed by atoms with Gasteiger partial charge in [0.1, 0.15) is 0 Å². The van der Waals surface area contributed by atoms with Crippen molar-refractivity contribution in [3.05, 3.63) is 29.3 Å². The fourth-order valence-corrected chi connectivity index (χ4v) is 4.17. The van der Waals surface area contributed by atoms with E-state index in [-0.39, 0.29) is 12.0 Å². The number of nitrogens with zero attached hydrogens (tertiary/aromatic N) is 1. The lowest BCUT2D eigenvalue weighted by atomic mass is 9.85. The minimum absolute atomic E-state index is 0.0495. The van der Waals surface area contributed by atoms with Crippen LogP contribution in [-0.2, 0) is 10.0 Å². The first kappa shape index (κ1) is 18.7. The maximum absolute atomic E-state index is 11.5. The third kappa shape index (κ3) is 6.13. The zero-order valence-corrected chi connectivity index (χ0v) is 15.5. The molecule has 7 heteroatoms. The second-order valence-corrected chi connectivity index (χ2v) is 8.55. The molecular weight excluding hydrogens is 324 g/mol. The minimum atomic E-state index is -3.20. The molecule has 1 aliphatic carbocycles. The lowest BCUT2D eigenvalue weighted by molar-refractivity contribution is 0.297. The van der Waals surface area contributed by atoms with Gasteiger partial charge in [0.05, 0.1) is 6.26 Å². The second kappa shape index (κ2) is 7.98. The Hall–Kier alpha value is -1.60. The molecule has 0 radical (unpaired) electrons. The van der Waals surface area contributed by atoms with E-state index < -0.39 is 10.0 Å². The first-order valence-electron chi connectivity index (χ1n) is 8.35. The normalized spacial score (nSPS) is 22.4. The number of hydrogen-bond donors (Lipinski definition) is 3. The first-order valence-corrected chi connectivity index (χ1v) is 10.2. The van der Waals surface area contributed by atoms with E-state index in [9.17, 15) is 8.42 Å². The molecule has 134 valence electrons. The van der Waals surface area contributed by atoms with Gasteiger partial charge in [-0.3, -0.25) is 4.99 Å². The Morgan fingerprint density at radius 1 is 1.21 bits per heavy atom. The maximum atomic E-state index is 11.5. The van der Waals surface area contributed by atoms with Crippen molar-refractivity contribution in [2.75, 3.05) is 18.1 Å². The van der Waals surface area contributed by atoms with E-state index in [4.69, 9.17) is 5.73 Å². The zero-order chi connectivity index (χ0) is 17.7. The molecule has 24 heavy (non-hydrogen) atoms. The molecule has 0 aromatic heterocycles. The molecule has 6 nitrogen and oxygen atoms in total. The Labute approximate surface area is 145 Å². The number of hydrogen-bond acceptors (Lipinski definition) is 3. The van der Waals surface area contributed by atoms with Crippen molar-refractivity contribution in [3.63, 3.8) is 0 Å². The van der Waals surface area contributed by atoms with E-state index in [1.54, 1.807) is 0 Å². The van der Waals surface area contributed by atoms with Gasteiger partial charge in [0, 0.05) is 18.3 Å². The van der Waals surface area contributed by atoms with Crippen LogP contribution in [0.15, 0.2) is 23.2 Å². The lowest BCUT2D eigenvalue weighted by Crippen LogP contribution is -2.43. The highest BCUT2D eigenvalue weighted by Gasteiger charge is 2.27. The fourth-order valence-electron chi connectivity index (χ4n) is 3.31. The van der Waals surface area contributed by atoms with Gasteiger partial charge >= 0.3 is 0 Å². The minimum Gasteiger partial charge on any atom is -0.370 e. The van der Waals surface area contributed by atoms with E-state index in [0.717, 1.165) is 42.5 Å². The van der Waals surface area contributed by atoms with Crippen LogP contribution >= 0.6 is 0 Å². The van der Waals surface area contributed by atoms with Gasteiger partial charge in [0.2, 0.25) is 10.0 Å². The molecule has 1 aromatic rings. The molecule has 0 heterocycles. The van der Waals surface area contributed by atoms with Gasteiger partial charge in [-0.05, 0) is 55.9 Å². The molecule has 0 bridgehead atoms. The van der Waals surface area contributed by atoms with Crippen LogP contribution in [0.3, 0.4) is 0 Å². The van der Waals surface area contributed by atoms with Gasteiger partial charge in [-0.15, -0.1) is 0 Å². The van der Waals surface area contributed by atoms with Gasteiger partial charge in [-0.2, -0.15) is 0 Å². The van der Waals surface area contributed by atoms with Gasteiger partial charge in [0.15, 0.2) is 5.96 Å². The quantitative estimate of drug-likeness (QED) is 0.559. The number of rotatable bonds is 5. The molecule has 0 saturated heterocycles. The molecule has 0 amide bonds.